The van der Waals surface area contributed by atoms with Gasteiger partial charge in [0.2, 0.25) is 0 Å². The first-order valence-corrected chi connectivity index (χ1v) is 9.52. The molecule has 128 valence electrons. The minimum Gasteiger partial charge on any atom is -0.103 e. The molecule has 0 N–H and O–H groups in total. The molecular formula is C20H40Fe. The van der Waals surface area contributed by atoms with E-state index in [1.54, 1.807) is 0 Å². The minimum absolute atomic E-state index is 0. The van der Waals surface area contributed by atoms with E-state index in [9.17, 15) is 0 Å². The SMILES string of the molecule is C=CCCCCCCCCCCCCCCCCCC.[Fe]. The first-order valence-electron chi connectivity index (χ1n) is 9.52. The molecular weight excluding hydrogens is 296 g/mol. The second kappa shape index (κ2) is 22.5. The molecule has 0 aliphatic rings. The molecule has 0 saturated carbocycles. The summed E-state index contributed by atoms with van der Waals surface area (Å²) in [5.41, 5.74) is 0. The van der Waals surface area contributed by atoms with E-state index < -0.39 is 0 Å². The van der Waals surface area contributed by atoms with Crippen LogP contribution in [-0.4, -0.2) is 0 Å². The Labute approximate surface area is 146 Å². The zero-order valence-corrected chi connectivity index (χ0v) is 15.8. The van der Waals surface area contributed by atoms with E-state index in [4.69, 9.17) is 0 Å². The van der Waals surface area contributed by atoms with Crippen molar-refractivity contribution in [1.82, 2.24) is 0 Å². The molecule has 0 unspecified atom stereocenters. The molecule has 0 aromatic carbocycles. The van der Waals surface area contributed by atoms with E-state index in [0.29, 0.717) is 0 Å². The summed E-state index contributed by atoms with van der Waals surface area (Å²) in [5, 5.41) is 0. The van der Waals surface area contributed by atoms with Gasteiger partial charge in [-0.2, -0.15) is 0 Å². The normalized spacial score (nSPS) is 10.3. The van der Waals surface area contributed by atoms with Crippen LogP contribution in [0.25, 0.3) is 0 Å². The Balaban J connectivity index is 0. The Morgan fingerprint density at radius 1 is 0.524 bits per heavy atom. The third-order valence-corrected chi connectivity index (χ3v) is 4.26. The first-order chi connectivity index (χ1) is 9.91. The fraction of sp³-hybridized carbons (Fsp3) is 0.900. The molecule has 0 nitrogen and oxygen atoms in total. The fourth-order valence-corrected chi connectivity index (χ4v) is 2.84. The largest absolute Gasteiger partial charge is 0.103 e. The molecule has 21 heavy (non-hydrogen) atoms. The summed E-state index contributed by atoms with van der Waals surface area (Å²) in [6.45, 7) is 6.06. The van der Waals surface area contributed by atoms with Crippen molar-refractivity contribution in [3.63, 3.8) is 0 Å². The monoisotopic (exact) mass is 336 g/mol. The third-order valence-electron chi connectivity index (χ3n) is 4.26. The van der Waals surface area contributed by atoms with E-state index in [1.165, 1.54) is 109 Å². The number of unbranched alkanes of at least 4 members (excludes halogenated alkanes) is 16. The van der Waals surface area contributed by atoms with Crippen LogP contribution in [0.5, 0.6) is 0 Å². The molecule has 0 aliphatic carbocycles. The van der Waals surface area contributed by atoms with Gasteiger partial charge in [-0.25, -0.2) is 0 Å². The average molecular weight is 336 g/mol. The van der Waals surface area contributed by atoms with E-state index in [0.717, 1.165) is 0 Å². The number of hydrogen-bond acceptors (Lipinski definition) is 0. The van der Waals surface area contributed by atoms with Crippen LogP contribution in [0.2, 0.25) is 0 Å². The first kappa shape index (κ1) is 23.5. The van der Waals surface area contributed by atoms with E-state index in [-0.39, 0.29) is 17.1 Å². The van der Waals surface area contributed by atoms with Crippen molar-refractivity contribution >= 4 is 0 Å². The number of allylic oxidation sites excluding steroid dienone is 1. The molecule has 0 amide bonds. The Morgan fingerprint density at radius 2 is 0.810 bits per heavy atom. The predicted octanol–water partition coefficient (Wildman–Crippen LogP) is 7.82. The molecule has 0 atom stereocenters. The summed E-state index contributed by atoms with van der Waals surface area (Å²) in [6, 6.07) is 0. The summed E-state index contributed by atoms with van der Waals surface area (Å²) in [7, 11) is 0. The van der Waals surface area contributed by atoms with Gasteiger partial charge in [0.25, 0.3) is 0 Å². The van der Waals surface area contributed by atoms with Crippen molar-refractivity contribution in [1.29, 1.82) is 0 Å². The Bertz CT molecular complexity index is 177. The van der Waals surface area contributed by atoms with Crippen LogP contribution in [0.15, 0.2) is 12.7 Å². The van der Waals surface area contributed by atoms with Crippen molar-refractivity contribution < 1.29 is 17.1 Å². The quantitative estimate of drug-likeness (QED) is 0.144. The van der Waals surface area contributed by atoms with E-state index in [2.05, 4.69) is 13.5 Å². The summed E-state index contributed by atoms with van der Waals surface area (Å²) in [5.74, 6) is 0. The van der Waals surface area contributed by atoms with Crippen LogP contribution in [0.3, 0.4) is 0 Å². The molecule has 0 aromatic heterocycles. The standard InChI is InChI=1S/C20H40.Fe/c1-3-5-7-9-11-13-15-17-19-20-18-16-14-12-10-8-6-4-2;/h3H,1,4-20H2,2H3;. The van der Waals surface area contributed by atoms with E-state index in [1.807, 2.05) is 6.08 Å². The molecule has 0 rings (SSSR count). The van der Waals surface area contributed by atoms with Crippen LogP contribution < -0.4 is 0 Å². The van der Waals surface area contributed by atoms with Gasteiger partial charge in [0.15, 0.2) is 0 Å². The summed E-state index contributed by atoms with van der Waals surface area (Å²) in [6.07, 6.45) is 26.4. The van der Waals surface area contributed by atoms with E-state index >= 15 is 0 Å². The van der Waals surface area contributed by atoms with Gasteiger partial charge in [-0.05, 0) is 12.8 Å². The van der Waals surface area contributed by atoms with Gasteiger partial charge in [0.1, 0.15) is 0 Å². The topological polar surface area (TPSA) is 0 Å². The van der Waals surface area contributed by atoms with Crippen LogP contribution in [0.4, 0.5) is 0 Å². The second-order valence-corrected chi connectivity index (χ2v) is 6.38. The maximum atomic E-state index is 3.77. The van der Waals surface area contributed by atoms with Crippen molar-refractivity contribution in [2.45, 2.75) is 116 Å². The van der Waals surface area contributed by atoms with Gasteiger partial charge in [0.05, 0.1) is 0 Å². The Morgan fingerprint density at radius 3 is 1.10 bits per heavy atom. The Kier molecular flexibility index (Phi) is 25.2. The van der Waals surface area contributed by atoms with Gasteiger partial charge in [0, 0.05) is 17.1 Å². The molecule has 0 bridgehead atoms. The Hall–Kier alpha value is 0.259. The molecule has 0 spiro atoms. The summed E-state index contributed by atoms with van der Waals surface area (Å²) in [4.78, 5) is 0. The van der Waals surface area contributed by atoms with Gasteiger partial charge in [-0.1, -0.05) is 109 Å². The molecule has 1 heteroatoms. The maximum Gasteiger partial charge on any atom is 0 e. The fourth-order valence-electron chi connectivity index (χ4n) is 2.84. The van der Waals surface area contributed by atoms with Crippen LogP contribution >= 0.6 is 0 Å². The van der Waals surface area contributed by atoms with Crippen molar-refractivity contribution in [2.75, 3.05) is 0 Å². The maximum absolute atomic E-state index is 3.77. The molecule has 0 heterocycles. The molecule has 0 aromatic rings. The van der Waals surface area contributed by atoms with Crippen LogP contribution in [0, 0.1) is 0 Å². The van der Waals surface area contributed by atoms with Gasteiger partial charge >= 0.3 is 0 Å². The molecule has 0 saturated heterocycles. The third kappa shape index (κ3) is 22.7. The summed E-state index contributed by atoms with van der Waals surface area (Å²) >= 11 is 0. The van der Waals surface area contributed by atoms with Crippen LogP contribution in [0.1, 0.15) is 116 Å². The van der Waals surface area contributed by atoms with Crippen molar-refractivity contribution in [2.24, 2.45) is 0 Å². The molecule has 0 aliphatic heterocycles. The minimum atomic E-state index is 0. The number of rotatable bonds is 17. The van der Waals surface area contributed by atoms with Gasteiger partial charge in [-0.3, -0.25) is 0 Å². The zero-order valence-electron chi connectivity index (χ0n) is 14.7. The van der Waals surface area contributed by atoms with Crippen molar-refractivity contribution in [3.8, 4) is 0 Å². The molecule has 0 fully saturated rings. The zero-order chi connectivity index (χ0) is 14.7. The average Bonchev–Trinajstić information content (AvgIpc) is 2.47. The summed E-state index contributed by atoms with van der Waals surface area (Å²) < 4.78 is 0. The second-order valence-electron chi connectivity index (χ2n) is 6.38. The van der Waals surface area contributed by atoms with Crippen molar-refractivity contribution in [3.05, 3.63) is 12.7 Å². The van der Waals surface area contributed by atoms with Gasteiger partial charge in [-0.15, -0.1) is 6.58 Å². The molecule has 0 radical (unpaired) electrons. The number of hydrogen-bond donors (Lipinski definition) is 0. The smallest absolute Gasteiger partial charge is 0 e. The van der Waals surface area contributed by atoms with Gasteiger partial charge < -0.3 is 0 Å². The van der Waals surface area contributed by atoms with Crippen LogP contribution in [-0.2, 0) is 17.1 Å². The predicted molar refractivity (Wildman–Crippen MR) is 94.4 cm³/mol.